The van der Waals surface area contributed by atoms with Crippen LogP contribution in [0.15, 0.2) is 70.7 Å². The minimum Gasteiger partial charge on any atom is -0.266 e. The Morgan fingerprint density at radius 1 is 1.03 bits per heavy atom. The molecule has 1 heterocycles. The van der Waals surface area contributed by atoms with Gasteiger partial charge in [-0.05, 0) is 43.5 Å². The Bertz CT molecular complexity index is 1270. The lowest BCUT2D eigenvalue weighted by Gasteiger charge is -2.25. The van der Waals surface area contributed by atoms with Crippen LogP contribution in [0.25, 0.3) is 10.8 Å². The Hall–Kier alpha value is -2.33. The van der Waals surface area contributed by atoms with Gasteiger partial charge in [0.05, 0.1) is 16.4 Å². The molecule has 0 bridgehead atoms. The molecule has 0 amide bonds. The van der Waals surface area contributed by atoms with E-state index in [9.17, 15) is 16.8 Å². The SMILES string of the molecule is CCCN(CC(C)COS(=O)(=O)c1ccc(C)cc1)S(=O)(=O)c1cccc2cnccc12. The summed E-state index contributed by atoms with van der Waals surface area (Å²) in [5.74, 6) is -0.340. The van der Waals surface area contributed by atoms with E-state index in [1.807, 2.05) is 19.9 Å². The monoisotopic (exact) mass is 476 g/mol. The van der Waals surface area contributed by atoms with Crippen molar-refractivity contribution >= 4 is 30.9 Å². The molecule has 3 aromatic rings. The number of fused-ring (bicyclic) bond motifs is 1. The highest BCUT2D eigenvalue weighted by molar-refractivity contribution is 7.89. The molecule has 0 spiro atoms. The molecular weight excluding hydrogens is 448 g/mol. The van der Waals surface area contributed by atoms with Crippen molar-refractivity contribution in [3.8, 4) is 0 Å². The minimum absolute atomic E-state index is 0.0812. The lowest BCUT2D eigenvalue weighted by molar-refractivity contribution is 0.235. The number of aromatic nitrogens is 1. The Labute approximate surface area is 190 Å². The average molecular weight is 477 g/mol. The maximum atomic E-state index is 13.5. The maximum absolute atomic E-state index is 13.5. The van der Waals surface area contributed by atoms with Crippen LogP contribution in [0.5, 0.6) is 0 Å². The topological polar surface area (TPSA) is 93.6 Å². The average Bonchev–Trinajstić information content (AvgIpc) is 2.77. The van der Waals surface area contributed by atoms with Gasteiger partial charge >= 0.3 is 0 Å². The van der Waals surface area contributed by atoms with E-state index < -0.39 is 20.1 Å². The van der Waals surface area contributed by atoms with E-state index in [4.69, 9.17) is 4.18 Å². The van der Waals surface area contributed by atoms with Crippen molar-refractivity contribution in [2.24, 2.45) is 5.92 Å². The van der Waals surface area contributed by atoms with Crippen LogP contribution in [0.3, 0.4) is 0 Å². The van der Waals surface area contributed by atoms with E-state index in [0.29, 0.717) is 18.4 Å². The molecule has 0 saturated heterocycles. The van der Waals surface area contributed by atoms with Crippen LogP contribution < -0.4 is 0 Å². The van der Waals surface area contributed by atoms with Crippen molar-refractivity contribution in [1.29, 1.82) is 0 Å². The van der Waals surface area contributed by atoms with Crippen molar-refractivity contribution in [3.05, 3.63) is 66.5 Å². The van der Waals surface area contributed by atoms with Crippen molar-refractivity contribution in [3.63, 3.8) is 0 Å². The number of hydrogen-bond acceptors (Lipinski definition) is 6. The number of benzene rings is 2. The molecule has 0 radical (unpaired) electrons. The van der Waals surface area contributed by atoms with Gasteiger partial charge in [-0.25, -0.2) is 8.42 Å². The second-order valence-electron chi connectivity index (χ2n) is 7.87. The third-order valence-corrected chi connectivity index (χ3v) is 8.28. The van der Waals surface area contributed by atoms with Crippen LogP contribution in [0.1, 0.15) is 25.8 Å². The highest BCUT2D eigenvalue weighted by Crippen LogP contribution is 2.26. The molecule has 1 atom stereocenters. The molecule has 0 fully saturated rings. The van der Waals surface area contributed by atoms with Gasteiger partial charge in [0.25, 0.3) is 10.1 Å². The molecule has 0 aliphatic carbocycles. The summed E-state index contributed by atoms with van der Waals surface area (Å²) in [7, 11) is -7.71. The largest absolute Gasteiger partial charge is 0.296 e. The zero-order valence-electron chi connectivity index (χ0n) is 18.4. The van der Waals surface area contributed by atoms with Crippen molar-refractivity contribution < 1.29 is 21.0 Å². The van der Waals surface area contributed by atoms with Crippen LogP contribution in [0.4, 0.5) is 0 Å². The number of hydrogen-bond donors (Lipinski definition) is 0. The molecule has 3 rings (SSSR count). The summed E-state index contributed by atoms with van der Waals surface area (Å²) in [5.41, 5.74) is 0.946. The lowest BCUT2D eigenvalue weighted by atomic mass is 10.2. The predicted molar refractivity (Wildman–Crippen MR) is 124 cm³/mol. The first-order valence-electron chi connectivity index (χ1n) is 10.4. The van der Waals surface area contributed by atoms with Gasteiger partial charge in [0, 0.05) is 36.3 Å². The summed E-state index contributed by atoms with van der Waals surface area (Å²) in [6, 6.07) is 13.2. The molecule has 0 aliphatic heterocycles. The second kappa shape index (κ2) is 10.1. The fourth-order valence-electron chi connectivity index (χ4n) is 3.39. The van der Waals surface area contributed by atoms with Gasteiger partial charge in [0.2, 0.25) is 10.0 Å². The van der Waals surface area contributed by atoms with Gasteiger partial charge in [-0.15, -0.1) is 0 Å². The molecule has 172 valence electrons. The minimum atomic E-state index is -3.91. The lowest BCUT2D eigenvalue weighted by Crippen LogP contribution is -2.36. The van der Waals surface area contributed by atoms with Crippen LogP contribution >= 0.6 is 0 Å². The van der Waals surface area contributed by atoms with Gasteiger partial charge < -0.3 is 0 Å². The van der Waals surface area contributed by atoms with Gasteiger partial charge in [-0.2, -0.15) is 12.7 Å². The standard InChI is InChI=1S/C23H28N2O5S2/c1-4-14-25(31(26,27)23-7-5-6-20-15-24-13-12-22(20)23)16-19(3)17-30-32(28,29)21-10-8-18(2)9-11-21/h5-13,15,19H,4,14,16-17H2,1-3H3. The van der Waals surface area contributed by atoms with E-state index in [1.165, 1.54) is 16.4 Å². The fraction of sp³-hybridized carbons (Fsp3) is 0.348. The van der Waals surface area contributed by atoms with Crippen molar-refractivity contribution in [1.82, 2.24) is 9.29 Å². The Kier molecular flexibility index (Phi) is 7.66. The predicted octanol–water partition coefficient (Wildman–Crippen LogP) is 3.99. The van der Waals surface area contributed by atoms with Crippen LogP contribution in [0, 0.1) is 12.8 Å². The maximum Gasteiger partial charge on any atom is 0.296 e. The van der Waals surface area contributed by atoms with E-state index in [-0.39, 0.29) is 28.9 Å². The van der Waals surface area contributed by atoms with Gasteiger partial charge in [0.15, 0.2) is 0 Å². The quantitative estimate of drug-likeness (QED) is 0.411. The summed E-state index contributed by atoms with van der Waals surface area (Å²) >= 11 is 0. The summed E-state index contributed by atoms with van der Waals surface area (Å²) in [6.45, 7) is 5.88. The smallest absolute Gasteiger partial charge is 0.266 e. The summed E-state index contributed by atoms with van der Waals surface area (Å²) in [5, 5.41) is 1.35. The number of aryl methyl sites for hydroxylation is 1. The van der Waals surface area contributed by atoms with E-state index >= 15 is 0 Å². The summed E-state index contributed by atoms with van der Waals surface area (Å²) in [4.78, 5) is 4.36. The van der Waals surface area contributed by atoms with Gasteiger partial charge in [-0.3, -0.25) is 9.17 Å². The highest BCUT2D eigenvalue weighted by atomic mass is 32.2. The fourth-order valence-corrected chi connectivity index (χ4v) is 6.28. The van der Waals surface area contributed by atoms with E-state index in [0.717, 1.165) is 10.9 Å². The molecule has 1 aromatic heterocycles. The number of pyridine rings is 1. The summed E-state index contributed by atoms with van der Waals surface area (Å²) in [6.07, 6.45) is 3.82. The normalized spacial score (nSPS) is 13.5. The molecule has 0 saturated carbocycles. The third-order valence-electron chi connectivity index (χ3n) is 5.06. The first-order valence-corrected chi connectivity index (χ1v) is 13.3. The second-order valence-corrected chi connectivity index (χ2v) is 11.4. The van der Waals surface area contributed by atoms with E-state index in [2.05, 4.69) is 4.98 Å². The van der Waals surface area contributed by atoms with Crippen LogP contribution in [-0.2, 0) is 24.3 Å². The van der Waals surface area contributed by atoms with Gasteiger partial charge in [-0.1, -0.05) is 43.7 Å². The molecule has 7 nitrogen and oxygen atoms in total. The van der Waals surface area contributed by atoms with Gasteiger partial charge in [0.1, 0.15) is 0 Å². The molecule has 2 aromatic carbocycles. The zero-order valence-corrected chi connectivity index (χ0v) is 20.1. The first-order chi connectivity index (χ1) is 15.1. The van der Waals surface area contributed by atoms with Crippen molar-refractivity contribution in [2.45, 2.75) is 37.0 Å². The number of sulfonamides is 1. The van der Waals surface area contributed by atoms with Crippen molar-refractivity contribution in [2.75, 3.05) is 19.7 Å². The Morgan fingerprint density at radius 3 is 2.44 bits per heavy atom. The zero-order chi connectivity index (χ0) is 23.4. The molecular formula is C23H28N2O5S2. The Morgan fingerprint density at radius 2 is 1.75 bits per heavy atom. The summed E-state index contributed by atoms with van der Waals surface area (Å²) < 4.78 is 58.5. The number of nitrogens with zero attached hydrogens (tertiary/aromatic N) is 2. The number of rotatable bonds is 10. The van der Waals surface area contributed by atoms with Crippen LogP contribution in [0.2, 0.25) is 0 Å². The highest BCUT2D eigenvalue weighted by Gasteiger charge is 2.28. The van der Waals surface area contributed by atoms with E-state index in [1.54, 1.807) is 49.6 Å². The molecule has 0 aliphatic rings. The molecule has 0 N–H and O–H groups in total. The molecule has 32 heavy (non-hydrogen) atoms. The Balaban J connectivity index is 1.77. The first kappa shape index (κ1) is 24.3. The molecule has 9 heteroatoms. The molecule has 1 unspecified atom stereocenters. The van der Waals surface area contributed by atoms with Crippen LogP contribution in [-0.4, -0.2) is 45.8 Å². The third kappa shape index (κ3) is 5.53.